The summed E-state index contributed by atoms with van der Waals surface area (Å²) in [4.78, 5) is 21.2. The molecule has 2 aromatic carbocycles. The topological polar surface area (TPSA) is 63.1 Å². The quantitative estimate of drug-likeness (QED) is 0.0558. The zero-order valence-electron chi connectivity index (χ0n) is 36.3. The SMILES string of the molecule is CCC(CC)C(=O)/C=C(\O)C(CC)CC.[2H]c1nc(-c2[c-]c3ccccc3c(C(C)(C)C)c2)c2sc([Si](CC(C)C)(CC(C)C)CC(C)C)c(C)c2n1.[Ir]. The Morgan fingerprint density at radius 2 is 1.43 bits per heavy atom. The smallest absolute Gasteiger partial charge is 0.162 e. The molecule has 0 unspecified atom stereocenters. The first kappa shape index (κ1) is 45.2. The van der Waals surface area contributed by atoms with E-state index >= 15 is 0 Å². The van der Waals surface area contributed by atoms with E-state index in [1.54, 1.807) is 4.50 Å². The van der Waals surface area contributed by atoms with Crippen molar-refractivity contribution in [3.8, 4) is 11.3 Å². The minimum absolute atomic E-state index is 0. The molecule has 0 saturated heterocycles. The average molecular weight is 935 g/mol. The minimum atomic E-state index is -1.83. The molecule has 1 N–H and O–H groups in total. The van der Waals surface area contributed by atoms with E-state index in [9.17, 15) is 9.90 Å². The second kappa shape index (κ2) is 20.7. The number of hydrogen-bond donors (Lipinski definition) is 1. The van der Waals surface area contributed by atoms with Crippen LogP contribution in [0.2, 0.25) is 18.1 Å². The van der Waals surface area contributed by atoms with E-state index in [2.05, 4.69) is 106 Å². The number of ketones is 1. The van der Waals surface area contributed by atoms with Gasteiger partial charge in [0.15, 0.2) is 5.78 Å². The van der Waals surface area contributed by atoms with Crippen molar-refractivity contribution in [2.75, 3.05) is 0 Å². The third-order valence-corrected chi connectivity index (χ3v) is 19.3. The maximum absolute atomic E-state index is 11.7. The van der Waals surface area contributed by atoms with E-state index < -0.39 is 8.07 Å². The molecule has 0 aliphatic rings. The van der Waals surface area contributed by atoms with Gasteiger partial charge in [-0.25, -0.2) is 4.98 Å². The number of rotatable bonds is 15. The summed E-state index contributed by atoms with van der Waals surface area (Å²) in [5.41, 5.74) is 5.39. The van der Waals surface area contributed by atoms with Gasteiger partial charge < -0.3 is 5.11 Å². The number of carbonyl (C=O) groups excluding carboxylic acids is 1. The van der Waals surface area contributed by atoms with Gasteiger partial charge in [-0.2, -0.15) is 0 Å². The number of nitrogens with zero attached hydrogens (tertiary/aromatic N) is 2. The van der Waals surface area contributed by atoms with Crippen LogP contribution < -0.4 is 4.50 Å². The van der Waals surface area contributed by atoms with Gasteiger partial charge >= 0.3 is 0 Å². The van der Waals surface area contributed by atoms with E-state index in [1.807, 2.05) is 39.0 Å². The molecule has 0 atom stereocenters. The van der Waals surface area contributed by atoms with Crippen molar-refractivity contribution >= 4 is 50.7 Å². The van der Waals surface area contributed by atoms with E-state index in [1.165, 1.54) is 40.7 Å². The van der Waals surface area contributed by atoms with Crippen LogP contribution in [0.3, 0.4) is 0 Å². The fourth-order valence-corrected chi connectivity index (χ4v) is 17.9. The average Bonchev–Trinajstić information content (AvgIpc) is 3.40. The zero-order chi connectivity index (χ0) is 39.8. The van der Waals surface area contributed by atoms with Crippen LogP contribution in [0.15, 0.2) is 48.5 Å². The number of aromatic nitrogens is 2. The molecule has 2 heterocycles. The Morgan fingerprint density at radius 1 is 0.906 bits per heavy atom. The largest absolute Gasteiger partial charge is 0.512 e. The number of allylic oxidation sites excluding steroid dienone is 2. The molecular weight excluding hydrogens is 865 g/mol. The Balaban J connectivity index is 0.000000536. The van der Waals surface area contributed by atoms with Crippen LogP contribution in [0.5, 0.6) is 0 Å². The van der Waals surface area contributed by atoms with E-state index in [0.717, 1.165) is 52.5 Å². The maximum atomic E-state index is 11.7. The normalized spacial score (nSPS) is 13.0. The Hall–Kier alpha value is -2.18. The van der Waals surface area contributed by atoms with Crippen molar-refractivity contribution in [3.63, 3.8) is 0 Å². The van der Waals surface area contributed by atoms with Crippen LogP contribution in [0.25, 0.3) is 32.2 Å². The number of fused-ring (bicyclic) bond motifs is 2. The summed E-state index contributed by atoms with van der Waals surface area (Å²) in [6.07, 6.45) is 5.01. The molecule has 4 aromatic rings. The Kier molecular flexibility index (Phi) is 17.6. The van der Waals surface area contributed by atoms with Crippen molar-refractivity contribution in [1.29, 1.82) is 0 Å². The fraction of sp³-hybridized carbons (Fsp3) is 0.587. The predicted octanol–water partition coefficient (Wildman–Crippen LogP) is 13.4. The molecule has 1 radical (unpaired) electrons. The Labute approximate surface area is 342 Å². The molecule has 0 aliphatic carbocycles. The fourth-order valence-electron chi connectivity index (χ4n) is 8.29. The van der Waals surface area contributed by atoms with Crippen molar-refractivity contribution in [2.45, 2.75) is 146 Å². The summed E-state index contributed by atoms with van der Waals surface area (Å²) in [7, 11) is -1.83. The number of hydrogen-bond acceptors (Lipinski definition) is 5. The van der Waals surface area contributed by atoms with Crippen molar-refractivity contribution in [1.82, 2.24) is 9.97 Å². The van der Waals surface area contributed by atoms with Crippen LogP contribution in [0.4, 0.5) is 0 Å². The molecule has 0 amide bonds. The second-order valence-electron chi connectivity index (χ2n) is 17.4. The molecule has 4 nitrogen and oxygen atoms in total. The summed E-state index contributed by atoms with van der Waals surface area (Å²) in [6.45, 7) is 31.4. The number of aliphatic hydroxyl groups excluding tert-OH is 1. The van der Waals surface area contributed by atoms with Crippen LogP contribution >= 0.6 is 11.3 Å². The molecule has 4 rings (SSSR count). The monoisotopic (exact) mass is 935 g/mol. The van der Waals surface area contributed by atoms with Gasteiger partial charge in [-0.15, -0.1) is 40.5 Å². The molecule has 0 fully saturated rings. The van der Waals surface area contributed by atoms with Crippen LogP contribution in [0, 0.1) is 42.6 Å². The first-order valence-electron chi connectivity index (χ1n) is 20.5. The van der Waals surface area contributed by atoms with E-state index in [4.69, 9.17) is 11.3 Å². The molecule has 0 bridgehead atoms. The standard InChI is InChI=1S/C33H45N2SSi.C13H24O2.Ir/c1-21(2)17-37(18-22(3)4,19-23(5)6)32-24(7)29-31(36-32)30(35-20-34-29)26-15-25-13-11-12-14-27(25)28(16-26)33(8,9)10;1-5-10(6-2)12(14)9-13(15)11(7-3)8-4;/h11-14,16,20-23H,17-19H2,1-10H3;9-11,14H,5-8H2,1-4H3;/q-1;;/b;12-9-;/i20D;;. The summed E-state index contributed by atoms with van der Waals surface area (Å²) in [6, 6.07) is 18.4. The number of aliphatic hydroxyl groups is 1. The molecule has 0 spiro atoms. The number of thiophene rings is 1. The number of carbonyl (C=O) groups is 1. The van der Waals surface area contributed by atoms with Gasteiger partial charge in [0.2, 0.25) is 0 Å². The zero-order valence-corrected chi connectivity index (χ0v) is 39.5. The van der Waals surface area contributed by atoms with E-state index in [-0.39, 0.29) is 55.2 Å². The molecule has 0 aliphatic heterocycles. The summed E-state index contributed by atoms with van der Waals surface area (Å²) < 4.78 is 11.3. The molecule has 53 heavy (non-hydrogen) atoms. The van der Waals surface area contributed by atoms with Gasteiger partial charge in [-0.05, 0) is 65.8 Å². The number of aryl methyl sites for hydroxylation is 1. The van der Waals surface area contributed by atoms with Crippen molar-refractivity contribution < 1.29 is 31.4 Å². The van der Waals surface area contributed by atoms with Crippen molar-refractivity contribution in [3.05, 3.63) is 65.7 Å². The van der Waals surface area contributed by atoms with E-state index in [0.29, 0.717) is 17.8 Å². The third-order valence-electron chi connectivity index (χ3n) is 10.5. The summed E-state index contributed by atoms with van der Waals surface area (Å²) in [5.74, 6) is 2.52. The Bertz CT molecular complexity index is 1820. The predicted molar refractivity (Wildman–Crippen MR) is 231 cm³/mol. The third kappa shape index (κ3) is 11.9. The van der Waals surface area contributed by atoms with Crippen molar-refractivity contribution in [2.24, 2.45) is 29.6 Å². The minimum Gasteiger partial charge on any atom is -0.512 e. The van der Waals surface area contributed by atoms with Gasteiger partial charge in [0, 0.05) is 48.4 Å². The molecular formula is C46H69IrN2O2SSi-. The van der Waals surface area contributed by atoms with Gasteiger partial charge in [-0.1, -0.05) is 137 Å². The molecule has 295 valence electrons. The van der Waals surface area contributed by atoms with Crippen LogP contribution in [-0.2, 0) is 30.3 Å². The summed E-state index contributed by atoms with van der Waals surface area (Å²) >= 11 is 1.94. The molecule has 2 aromatic heterocycles. The van der Waals surface area contributed by atoms with Gasteiger partial charge in [0.25, 0.3) is 0 Å². The van der Waals surface area contributed by atoms with Gasteiger partial charge in [0.1, 0.15) is 15.7 Å². The van der Waals surface area contributed by atoms with Gasteiger partial charge in [-0.3, -0.25) is 9.78 Å². The van der Waals surface area contributed by atoms with Crippen LogP contribution in [0.1, 0.15) is 128 Å². The second-order valence-corrected chi connectivity index (χ2v) is 23.0. The van der Waals surface area contributed by atoms with Crippen LogP contribution in [-0.4, -0.2) is 28.9 Å². The number of benzene rings is 2. The first-order chi connectivity index (χ1) is 24.8. The summed E-state index contributed by atoms with van der Waals surface area (Å²) in [5, 5.41) is 12.1. The first-order valence-corrected chi connectivity index (χ1v) is 23.4. The molecule has 7 heteroatoms. The maximum Gasteiger partial charge on any atom is 0.162 e. The molecule has 0 saturated carbocycles. The Morgan fingerprint density at radius 3 is 1.92 bits per heavy atom. The van der Waals surface area contributed by atoms with Gasteiger partial charge in [0.05, 0.1) is 11.3 Å².